The standard InChI is InChI=1S/C17H20N2O2/c1-13-7-8-14(11-18-13)12-19(2)10-9-15-5-3-4-6-16(15)17(20)21/h3-8,11H,9-10,12H2,1-2H3,(H,20,21). The van der Waals surface area contributed by atoms with Crippen molar-refractivity contribution in [2.45, 2.75) is 19.9 Å². The van der Waals surface area contributed by atoms with Gasteiger partial charge in [0.2, 0.25) is 0 Å². The number of aryl methyl sites for hydroxylation is 1. The predicted molar refractivity (Wildman–Crippen MR) is 82.4 cm³/mol. The van der Waals surface area contributed by atoms with Crippen LogP contribution in [-0.4, -0.2) is 34.6 Å². The number of rotatable bonds is 6. The van der Waals surface area contributed by atoms with Crippen LogP contribution in [0.25, 0.3) is 0 Å². The van der Waals surface area contributed by atoms with E-state index in [0.717, 1.165) is 36.3 Å². The van der Waals surface area contributed by atoms with Crippen molar-refractivity contribution in [2.24, 2.45) is 0 Å². The molecule has 4 heteroatoms. The molecule has 0 amide bonds. The number of carbonyl (C=O) groups is 1. The molecule has 1 heterocycles. The van der Waals surface area contributed by atoms with E-state index in [2.05, 4.69) is 16.0 Å². The molecule has 4 nitrogen and oxygen atoms in total. The smallest absolute Gasteiger partial charge is 0.335 e. The third-order valence-corrected chi connectivity index (χ3v) is 3.44. The second-order valence-corrected chi connectivity index (χ2v) is 5.26. The van der Waals surface area contributed by atoms with Gasteiger partial charge in [-0.05, 0) is 43.7 Å². The van der Waals surface area contributed by atoms with Gasteiger partial charge in [0.15, 0.2) is 0 Å². The van der Waals surface area contributed by atoms with Gasteiger partial charge >= 0.3 is 5.97 Å². The average molecular weight is 284 g/mol. The van der Waals surface area contributed by atoms with Crippen LogP contribution in [0.3, 0.4) is 0 Å². The lowest BCUT2D eigenvalue weighted by molar-refractivity contribution is 0.0695. The van der Waals surface area contributed by atoms with Gasteiger partial charge in [0, 0.05) is 25.0 Å². The molecule has 1 aromatic heterocycles. The molecule has 0 saturated carbocycles. The van der Waals surface area contributed by atoms with Crippen LogP contribution in [0.2, 0.25) is 0 Å². The van der Waals surface area contributed by atoms with Crippen LogP contribution in [-0.2, 0) is 13.0 Å². The van der Waals surface area contributed by atoms with Gasteiger partial charge in [-0.2, -0.15) is 0 Å². The zero-order valence-electron chi connectivity index (χ0n) is 12.4. The van der Waals surface area contributed by atoms with Gasteiger partial charge < -0.3 is 10.0 Å². The van der Waals surface area contributed by atoms with Crippen molar-refractivity contribution in [2.75, 3.05) is 13.6 Å². The highest BCUT2D eigenvalue weighted by Gasteiger charge is 2.09. The number of likely N-dealkylation sites (N-methyl/N-ethyl adjacent to an activating group) is 1. The van der Waals surface area contributed by atoms with E-state index in [4.69, 9.17) is 0 Å². The molecule has 0 fully saturated rings. The topological polar surface area (TPSA) is 53.4 Å². The molecular formula is C17H20N2O2. The molecule has 0 aliphatic heterocycles. The number of hydrogen-bond donors (Lipinski definition) is 1. The molecule has 0 saturated heterocycles. The SMILES string of the molecule is Cc1ccc(CN(C)CCc2ccccc2C(=O)O)cn1. The van der Waals surface area contributed by atoms with Gasteiger partial charge in [0.1, 0.15) is 0 Å². The summed E-state index contributed by atoms with van der Waals surface area (Å²) in [6.45, 7) is 3.58. The van der Waals surface area contributed by atoms with Gasteiger partial charge in [0.05, 0.1) is 5.56 Å². The first-order valence-electron chi connectivity index (χ1n) is 6.97. The summed E-state index contributed by atoms with van der Waals surface area (Å²) < 4.78 is 0. The van der Waals surface area contributed by atoms with Crippen molar-refractivity contribution < 1.29 is 9.90 Å². The zero-order valence-corrected chi connectivity index (χ0v) is 12.4. The Morgan fingerprint density at radius 1 is 1.24 bits per heavy atom. The first kappa shape index (κ1) is 15.2. The summed E-state index contributed by atoms with van der Waals surface area (Å²) in [5.41, 5.74) is 3.44. The fraction of sp³-hybridized carbons (Fsp3) is 0.294. The molecule has 1 N–H and O–H groups in total. The lowest BCUT2D eigenvalue weighted by atomic mass is 10.0. The van der Waals surface area contributed by atoms with Crippen molar-refractivity contribution in [3.8, 4) is 0 Å². The second kappa shape index (κ2) is 6.99. The third-order valence-electron chi connectivity index (χ3n) is 3.44. The summed E-state index contributed by atoms with van der Waals surface area (Å²) in [7, 11) is 2.03. The Balaban J connectivity index is 1.93. The van der Waals surface area contributed by atoms with E-state index in [1.807, 2.05) is 38.4 Å². The van der Waals surface area contributed by atoms with Crippen molar-refractivity contribution in [3.05, 3.63) is 65.0 Å². The lowest BCUT2D eigenvalue weighted by Crippen LogP contribution is -2.21. The fourth-order valence-corrected chi connectivity index (χ4v) is 2.24. The second-order valence-electron chi connectivity index (χ2n) is 5.26. The first-order chi connectivity index (χ1) is 10.1. The third kappa shape index (κ3) is 4.39. The van der Waals surface area contributed by atoms with E-state index in [9.17, 15) is 9.90 Å². The molecule has 0 bridgehead atoms. The van der Waals surface area contributed by atoms with Crippen LogP contribution in [0, 0.1) is 6.92 Å². The molecule has 0 radical (unpaired) electrons. The molecule has 0 aliphatic carbocycles. The summed E-state index contributed by atoms with van der Waals surface area (Å²) in [5.74, 6) is -0.865. The van der Waals surface area contributed by atoms with E-state index >= 15 is 0 Å². The Morgan fingerprint density at radius 3 is 2.67 bits per heavy atom. The number of aromatic carboxylic acids is 1. The van der Waals surface area contributed by atoms with Gasteiger partial charge in [0.25, 0.3) is 0 Å². The lowest BCUT2D eigenvalue weighted by Gasteiger charge is -2.17. The predicted octanol–water partition coefficient (Wildman–Crippen LogP) is 2.76. The molecule has 2 aromatic rings. The maximum Gasteiger partial charge on any atom is 0.335 e. The average Bonchev–Trinajstić information content (AvgIpc) is 2.48. The van der Waals surface area contributed by atoms with Crippen molar-refractivity contribution in [1.29, 1.82) is 0 Å². The van der Waals surface area contributed by atoms with Crippen LogP contribution in [0.15, 0.2) is 42.6 Å². The minimum atomic E-state index is -0.865. The van der Waals surface area contributed by atoms with E-state index in [1.165, 1.54) is 0 Å². The molecule has 0 atom stereocenters. The monoisotopic (exact) mass is 284 g/mol. The molecule has 0 unspecified atom stereocenters. The van der Waals surface area contributed by atoms with Gasteiger partial charge in [-0.3, -0.25) is 4.98 Å². The Labute approximate surface area is 125 Å². The highest BCUT2D eigenvalue weighted by molar-refractivity contribution is 5.89. The van der Waals surface area contributed by atoms with Crippen LogP contribution in [0.1, 0.15) is 27.2 Å². The summed E-state index contributed by atoms with van der Waals surface area (Å²) in [5, 5.41) is 9.17. The summed E-state index contributed by atoms with van der Waals surface area (Å²) >= 11 is 0. The highest BCUT2D eigenvalue weighted by atomic mass is 16.4. The van der Waals surface area contributed by atoms with E-state index in [0.29, 0.717) is 5.56 Å². The van der Waals surface area contributed by atoms with Crippen LogP contribution < -0.4 is 0 Å². The van der Waals surface area contributed by atoms with Crippen LogP contribution in [0.4, 0.5) is 0 Å². The number of aromatic nitrogens is 1. The minimum Gasteiger partial charge on any atom is -0.478 e. The summed E-state index contributed by atoms with van der Waals surface area (Å²) in [4.78, 5) is 17.6. The summed E-state index contributed by atoms with van der Waals surface area (Å²) in [6.07, 6.45) is 2.61. The number of carboxylic acids is 1. The maximum atomic E-state index is 11.2. The molecule has 0 aliphatic rings. The van der Waals surface area contributed by atoms with E-state index < -0.39 is 5.97 Å². The highest BCUT2D eigenvalue weighted by Crippen LogP contribution is 2.11. The molecule has 1 aromatic carbocycles. The van der Waals surface area contributed by atoms with Crippen LogP contribution in [0.5, 0.6) is 0 Å². The Kier molecular flexibility index (Phi) is 5.06. The van der Waals surface area contributed by atoms with Gasteiger partial charge in [-0.1, -0.05) is 24.3 Å². The fourth-order valence-electron chi connectivity index (χ4n) is 2.24. The largest absolute Gasteiger partial charge is 0.478 e. The molecule has 110 valence electrons. The minimum absolute atomic E-state index is 0.392. The number of carboxylic acid groups (broad SMARTS) is 1. The Bertz CT molecular complexity index is 608. The van der Waals surface area contributed by atoms with E-state index in [1.54, 1.807) is 12.1 Å². The normalized spacial score (nSPS) is 10.8. The Morgan fingerprint density at radius 2 is 2.00 bits per heavy atom. The van der Waals surface area contributed by atoms with Crippen LogP contribution >= 0.6 is 0 Å². The number of nitrogens with zero attached hydrogens (tertiary/aromatic N) is 2. The number of pyridine rings is 1. The number of benzene rings is 1. The molecule has 0 spiro atoms. The Hall–Kier alpha value is -2.20. The maximum absolute atomic E-state index is 11.2. The zero-order chi connectivity index (χ0) is 15.2. The van der Waals surface area contributed by atoms with Gasteiger partial charge in [-0.25, -0.2) is 4.79 Å². The summed E-state index contributed by atoms with van der Waals surface area (Å²) in [6, 6.07) is 11.2. The quantitative estimate of drug-likeness (QED) is 0.886. The molecule has 2 rings (SSSR count). The van der Waals surface area contributed by atoms with Crippen molar-refractivity contribution in [3.63, 3.8) is 0 Å². The van der Waals surface area contributed by atoms with Crippen molar-refractivity contribution in [1.82, 2.24) is 9.88 Å². The van der Waals surface area contributed by atoms with Gasteiger partial charge in [-0.15, -0.1) is 0 Å². The van der Waals surface area contributed by atoms with Crippen molar-refractivity contribution >= 4 is 5.97 Å². The number of hydrogen-bond acceptors (Lipinski definition) is 3. The first-order valence-corrected chi connectivity index (χ1v) is 6.97. The molecular weight excluding hydrogens is 264 g/mol. The van der Waals surface area contributed by atoms with E-state index in [-0.39, 0.29) is 0 Å². The molecule has 21 heavy (non-hydrogen) atoms.